The molecule has 0 N–H and O–H groups in total. The van der Waals surface area contributed by atoms with Crippen LogP contribution in [0.1, 0.15) is 31.0 Å². The Hall–Kier alpha value is -4.16. The first kappa shape index (κ1) is 28.4. The van der Waals surface area contributed by atoms with Crippen LogP contribution in [-0.2, 0) is 17.8 Å². The van der Waals surface area contributed by atoms with Gasteiger partial charge in [-0.05, 0) is 50.4 Å². The zero-order valence-electron chi connectivity index (χ0n) is 24.1. The van der Waals surface area contributed by atoms with Gasteiger partial charge in [0.2, 0.25) is 5.91 Å². The lowest BCUT2D eigenvalue weighted by atomic mass is 10.0. The number of carbonyl (C=O) groups is 1. The van der Waals surface area contributed by atoms with Gasteiger partial charge in [0, 0.05) is 62.3 Å². The summed E-state index contributed by atoms with van der Waals surface area (Å²) in [5.41, 5.74) is 3.48. The third-order valence-corrected chi connectivity index (χ3v) is 8.27. The molecule has 0 bridgehead atoms. The maximum atomic E-state index is 12.1. The van der Waals surface area contributed by atoms with Gasteiger partial charge in [0.15, 0.2) is 0 Å². The fourth-order valence-electron chi connectivity index (χ4n) is 6.03. The fourth-order valence-corrected chi connectivity index (χ4v) is 6.03. The van der Waals surface area contributed by atoms with Gasteiger partial charge in [0.1, 0.15) is 12.4 Å². The van der Waals surface area contributed by atoms with Crippen molar-refractivity contribution in [2.24, 2.45) is 0 Å². The molecule has 9 nitrogen and oxygen atoms in total. The highest BCUT2D eigenvalue weighted by molar-refractivity contribution is 5.94. The predicted molar refractivity (Wildman–Crippen MR) is 162 cm³/mol. The van der Waals surface area contributed by atoms with Gasteiger partial charge in [-0.15, -0.1) is 0 Å². The van der Waals surface area contributed by atoms with Crippen molar-refractivity contribution < 1.29 is 9.53 Å². The molecule has 6 rings (SSSR count). The Morgan fingerprint density at radius 1 is 1.07 bits per heavy atom. The van der Waals surface area contributed by atoms with E-state index in [1.807, 2.05) is 4.90 Å². The van der Waals surface area contributed by atoms with E-state index in [2.05, 4.69) is 70.8 Å². The summed E-state index contributed by atoms with van der Waals surface area (Å²) in [6.07, 6.45) is 4.61. The number of piperazine rings is 1. The Balaban J connectivity index is 0.00000108. The van der Waals surface area contributed by atoms with Gasteiger partial charge in [0.25, 0.3) is 0 Å². The summed E-state index contributed by atoms with van der Waals surface area (Å²) in [4.78, 5) is 31.0. The molecule has 41 heavy (non-hydrogen) atoms. The smallest absolute Gasteiger partial charge is 0.318 e. The Kier molecular flexibility index (Phi) is 9.00. The number of likely N-dealkylation sites (N-methyl/N-ethyl adjacent to an activating group) is 1. The molecule has 0 radical (unpaired) electrons. The molecule has 1 amide bonds. The summed E-state index contributed by atoms with van der Waals surface area (Å²) in [5, 5.41) is 9.83. The average Bonchev–Trinajstić information content (AvgIpc) is 3.43. The number of aromatic nitrogens is 2. The van der Waals surface area contributed by atoms with Crippen LogP contribution in [-0.4, -0.2) is 84.6 Å². The van der Waals surface area contributed by atoms with Crippen LogP contribution in [0, 0.1) is 11.3 Å². The quantitative estimate of drug-likeness (QED) is 0.423. The zero-order chi connectivity index (χ0) is 28.8. The minimum atomic E-state index is -0.00944. The van der Waals surface area contributed by atoms with Crippen molar-refractivity contribution in [3.63, 3.8) is 0 Å². The van der Waals surface area contributed by atoms with E-state index in [-0.39, 0.29) is 5.91 Å². The number of hydrogen-bond donors (Lipinski definition) is 0. The monoisotopic (exact) mass is 553 g/mol. The number of amides is 1. The highest BCUT2D eigenvalue weighted by Crippen LogP contribution is 2.34. The Morgan fingerprint density at radius 3 is 2.56 bits per heavy atom. The van der Waals surface area contributed by atoms with E-state index in [4.69, 9.17) is 20.0 Å². The van der Waals surface area contributed by atoms with Crippen LogP contribution in [0.3, 0.4) is 0 Å². The first-order valence-corrected chi connectivity index (χ1v) is 14.4. The summed E-state index contributed by atoms with van der Waals surface area (Å²) in [6.45, 7) is 11.2. The first-order chi connectivity index (χ1) is 20.0. The summed E-state index contributed by atoms with van der Waals surface area (Å²) in [5.74, 6) is 0.956. The van der Waals surface area contributed by atoms with E-state index < -0.39 is 0 Å². The second-order valence-electron chi connectivity index (χ2n) is 10.8. The zero-order valence-corrected chi connectivity index (χ0v) is 24.1. The number of likely N-dealkylation sites (tertiary alicyclic amines) is 1. The lowest BCUT2D eigenvalue weighted by molar-refractivity contribution is -0.126. The van der Waals surface area contributed by atoms with Gasteiger partial charge >= 0.3 is 6.01 Å². The molecule has 0 spiro atoms. The fraction of sp³-hybridized carbons (Fsp3) is 0.438. The average molecular weight is 554 g/mol. The van der Waals surface area contributed by atoms with Crippen LogP contribution in [0.5, 0.6) is 6.01 Å². The topological polar surface area (TPSA) is 88.8 Å². The SMILES string of the molecule is C=CC(=O)N1CCN(c2nc(OCC3CCCN3C)nc3c2CCN(c2cccc4ccccc24)C3)CC1.CC#N. The van der Waals surface area contributed by atoms with Gasteiger partial charge in [-0.3, -0.25) is 4.79 Å². The summed E-state index contributed by atoms with van der Waals surface area (Å²) < 4.78 is 6.26. The standard InChI is InChI=1S/C30H36N6O2.C2H3N/c1-3-28(37)34-16-18-35(19-17-34)29-25-13-15-36(27-12-6-9-22-8-4-5-11-24(22)27)20-26(25)31-30(32-29)38-21-23-10-7-14-33(23)2;1-2-3/h3-6,8-9,11-12,23H,1,7,10,13-21H2,2H3;1H3. The van der Waals surface area contributed by atoms with Crippen LogP contribution in [0.15, 0.2) is 55.1 Å². The number of benzene rings is 2. The lowest BCUT2D eigenvalue weighted by Crippen LogP contribution is -2.49. The van der Waals surface area contributed by atoms with E-state index in [1.54, 1.807) is 6.07 Å². The molecule has 3 aromatic rings. The summed E-state index contributed by atoms with van der Waals surface area (Å²) in [7, 11) is 2.16. The Labute approximate surface area is 242 Å². The minimum Gasteiger partial charge on any atom is -0.462 e. The van der Waals surface area contributed by atoms with Crippen LogP contribution < -0.4 is 14.5 Å². The van der Waals surface area contributed by atoms with Crippen molar-refractivity contribution >= 4 is 28.2 Å². The molecule has 4 heterocycles. The van der Waals surface area contributed by atoms with E-state index in [9.17, 15) is 4.79 Å². The molecule has 1 aromatic heterocycles. The maximum Gasteiger partial charge on any atom is 0.318 e. The number of fused-ring (bicyclic) bond motifs is 2. The van der Waals surface area contributed by atoms with Gasteiger partial charge in [-0.25, -0.2) is 0 Å². The third-order valence-electron chi connectivity index (χ3n) is 8.27. The molecular weight excluding hydrogens is 514 g/mol. The number of nitriles is 1. The molecule has 1 atom stereocenters. The molecule has 3 aliphatic heterocycles. The summed E-state index contributed by atoms with van der Waals surface area (Å²) in [6, 6.07) is 17.7. The van der Waals surface area contributed by atoms with E-state index in [1.165, 1.54) is 41.4 Å². The molecule has 2 aromatic carbocycles. The highest BCUT2D eigenvalue weighted by Gasteiger charge is 2.29. The van der Waals surface area contributed by atoms with Crippen molar-refractivity contribution in [1.82, 2.24) is 19.8 Å². The molecule has 2 saturated heterocycles. The van der Waals surface area contributed by atoms with E-state index >= 15 is 0 Å². The van der Waals surface area contributed by atoms with Crippen molar-refractivity contribution in [3.8, 4) is 12.1 Å². The van der Waals surface area contributed by atoms with Crippen LogP contribution >= 0.6 is 0 Å². The van der Waals surface area contributed by atoms with Crippen molar-refractivity contribution in [1.29, 1.82) is 5.26 Å². The molecular formula is C32H39N7O2. The van der Waals surface area contributed by atoms with Gasteiger partial charge < -0.3 is 24.3 Å². The lowest BCUT2D eigenvalue weighted by Gasteiger charge is -2.38. The third kappa shape index (κ3) is 6.28. The second-order valence-corrected chi connectivity index (χ2v) is 10.8. The maximum absolute atomic E-state index is 12.1. The van der Waals surface area contributed by atoms with Gasteiger partial charge in [-0.2, -0.15) is 15.2 Å². The number of hydrogen-bond acceptors (Lipinski definition) is 8. The molecule has 1 unspecified atom stereocenters. The molecule has 0 aliphatic carbocycles. The Morgan fingerprint density at radius 2 is 1.83 bits per heavy atom. The van der Waals surface area contributed by atoms with Crippen molar-refractivity contribution in [2.75, 3.05) is 62.7 Å². The van der Waals surface area contributed by atoms with Gasteiger partial charge in [0.05, 0.1) is 18.3 Å². The molecule has 0 saturated carbocycles. The van der Waals surface area contributed by atoms with E-state index in [0.29, 0.717) is 38.3 Å². The Bertz CT molecular complexity index is 1420. The van der Waals surface area contributed by atoms with Gasteiger partial charge in [-0.1, -0.05) is 43.0 Å². The molecule has 3 aliphatic rings. The molecule has 2 fully saturated rings. The largest absolute Gasteiger partial charge is 0.462 e. The normalized spacial score (nSPS) is 18.8. The van der Waals surface area contributed by atoms with Crippen LogP contribution in [0.2, 0.25) is 0 Å². The molecule has 214 valence electrons. The molecule has 9 heteroatoms. The number of nitrogens with zero attached hydrogens (tertiary/aromatic N) is 7. The highest BCUT2D eigenvalue weighted by atomic mass is 16.5. The van der Waals surface area contributed by atoms with Crippen LogP contribution in [0.4, 0.5) is 11.5 Å². The summed E-state index contributed by atoms with van der Waals surface area (Å²) >= 11 is 0. The number of ether oxygens (including phenoxy) is 1. The minimum absolute atomic E-state index is 0.00944. The van der Waals surface area contributed by atoms with Crippen molar-refractivity contribution in [2.45, 2.75) is 38.8 Å². The number of carbonyl (C=O) groups excluding carboxylic acids is 1. The van der Waals surface area contributed by atoms with Crippen molar-refractivity contribution in [3.05, 3.63) is 66.4 Å². The number of anilines is 2. The first-order valence-electron chi connectivity index (χ1n) is 14.4. The van der Waals surface area contributed by atoms with Crippen LogP contribution in [0.25, 0.3) is 10.8 Å². The van der Waals surface area contributed by atoms with E-state index in [0.717, 1.165) is 50.5 Å². The predicted octanol–water partition coefficient (Wildman–Crippen LogP) is 4.03. The number of rotatable bonds is 6. The second kappa shape index (κ2) is 13.0.